The lowest BCUT2D eigenvalue weighted by Gasteiger charge is -2.18. The van der Waals surface area contributed by atoms with Gasteiger partial charge < -0.3 is 20.7 Å². The molecule has 0 saturated heterocycles. The predicted molar refractivity (Wildman–Crippen MR) is 110 cm³/mol. The maximum absolute atomic E-state index is 12.2. The zero-order valence-electron chi connectivity index (χ0n) is 15.9. The molecule has 7 heteroatoms. The molecule has 2 aromatic carbocycles. The number of ether oxygens (including phenoxy) is 1. The number of hydrogen-bond donors (Lipinski definition) is 3. The summed E-state index contributed by atoms with van der Waals surface area (Å²) in [6.07, 6.45) is 0. The van der Waals surface area contributed by atoms with E-state index in [1.165, 1.54) is 0 Å². The number of hydrogen-bond acceptors (Lipinski definition) is 4. The van der Waals surface area contributed by atoms with Crippen molar-refractivity contribution in [2.45, 2.75) is 20.8 Å². The molecule has 0 saturated carbocycles. The summed E-state index contributed by atoms with van der Waals surface area (Å²) in [6.45, 7) is 5.59. The lowest BCUT2D eigenvalue weighted by molar-refractivity contribution is -0.123. The Morgan fingerprint density at radius 3 is 2.26 bits per heavy atom. The van der Waals surface area contributed by atoms with Gasteiger partial charge >= 0.3 is 0 Å². The van der Waals surface area contributed by atoms with Gasteiger partial charge in [-0.3, -0.25) is 9.59 Å². The smallest absolute Gasteiger partial charge is 0.243 e. The van der Waals surface area contributed by atoms with Crippen molar-refractivity contribution in [3.63, 3.8) is 0 Å². The lowest BCUT2D eigenvalue weighted by atomic mass is 9.95. The SMILES string of the molecule is COc1ccc(NCC(=O)Nc2cccc(NC(=O)C(C)(C)C)c2)cc1Cl. The van der Waals surface area contributed by atoms with Crippen molar-refractivity contribution in [2.75, 3.05) is 29.6 Å². The molecule has 0 aliphatic heterocycles. The summed E-state index contributed by atoms with van der Waals surface area (Å²) in [5, 5.41) is 9.09. The van der Waals surface area contributed by atoms with Gasteiger partial charge in [0.25, 0.3) is 0 Å². The molecule has 3 N–H and O–H groups in total. The van der Waals surface area contributed by atoms with Crippen LogP contribution < -0.4 is 20.7 Å². The van der Waals surface area contributed by atoms with Crippen LogP contribution in [0.25, 0.3) is 0 Å². The van der Waals surface area contributed by atoms with Crippen LogP contribution in [0.5, 0.6) is 5.75 Å². The third-order valence-electron chi connectivity index (χ3n) is 3.69. The van der Waals surface area contributed by atoms with E-state index < -0.39 is 5.41 Å². The van der Waals surface area contributed by atoms with E-state index in [0.29, 0.717) is 27.8 Å². The number of carbonyl (C=O) groups is 2. The monoisotopic (exact) mass is 389 g/mol. The van der Waals surface area contributed by atoms with Gasteiger partial charge in [-0.05, 0) is 36.4 Å². The molecule has 144 valence electrons. The Bertz CT molecular complexity index is 831. The fraction of sp³-hybridized carbons (Fsp3) is 0.300. The number of halogens is 1. The number of nitrogens with one attached hydrogen (secondary N) is 3. The van der Waals surface area contributed by atoms with Gasteiger partial charge in [-0.2, -0.15) is 0 Å². The van der Waals surface area contributed by atoms with E-state index >= 15 is 0 Å². The van der Waals surface area contributed by atoms with Gasteiger partial charge in [0.05, 0.1) is 18.7 Å². The van der Waals surface area contributed by atoms with Gasteiger partial charge in [0.2, 0.25) is 11.8 Å². The van der Waals surface area contributed by atoms with Crippen molar-refractivity contribution >= 4 is 40.5 Å². The summed E-state index contributed by atoms with van der Waals surface area (Å²) in [4.78, 5) is 24.2. The number of carbonyl (C=O) groups excluding carboxylic acids is 2. The number of anilines is 3. The van der Waals surface area contributed by atoms with Crippen molar-refractivity contribution < 1.29 is 14.3 Å². The van der Waals surface area contributed by atoms with E-state index in [9.17, 15) is 9.59 Å². The lowest BCUT2D eigenvalue weighted by Crippen LogP contribution is -2.27. The van der Waals surface area contributed by atoms with Crippen LogP contribution in [0.2, 0.25) is 5.02 Å². The number of amides is 2. The Hall–Kier alpha value is -2.73. The van der Waals surface area contributed by atoms with Crippen LogP contribution in [0.1, 0.15) is 20.8 Å². The molecule has 0 unspecified atom stereocenters. The number of methoxy groups -OCH3 is 1. The Morgan fingerprint density at radius 1 is 1.00 bits per heavy atom. The molecule has 2 rings (SSSR count). The molecular formula is C20H24ClN3O3. The van der Waals surface area contributed by atoms with Gasteiger partial charge in [-0.1, -0.05) is 38.4 Å². The first-order valence-corrected chi connectivity index (χ1v) is 8.85. The average molecular weight is 390 g/mol. The zero-order valence-corrected chi connectivity index (χ0v) is 16.6. The van der Waals surface area contributed by atoms with Crippen molar-refractivity contribution in [2.24, 2.45) is 5.41 Å². The zero-order chi connectivity index (χ0) is 20.0. The Balaban J connectivity index is 1.93. The van der Waals surface area contributed by atoms with E-state index in [4.69, 9.17) is 16.3 Å². The molecule has 0 spiro atoms. The van der Waals surface area contributed by atoms with E-state index in [-0.39, 0.29) is 18.4 Å². The molecule has 0 fully saturated rings. The van der Waals surface area contributed by atoms with Crippen LogP contribution in [0, 0.1) is 5.41 Å². The fourth-order valence-electron chi connectivity index (χ4n) is 2.16. The van der Waals surface area contributed by atoms with Crippen molar-refractivity contribution in [3.8, 4) is 5.75 Å². The molecule has 0 aliphatic carbocycles. The topological polar surface area (TPSA) is 79.5 Å². The fourth-order valence-corrected chi connectivity index (χ4v) is 2.41. The molecule has 0 bridgehead atoms. The maximum atomic E-state index is 12.2. The summed E-state index contributed by atoms with van der Waals surface area (Å²) in [5.74, 6) is 0.256. The highest BCUT2D eigenvalue weighted by Crippen LogP contribution is 2.27. The first-order chi connectivity index (χ1) is 12.7. The van der Waals surface area contributed by atoms with E-state index in [1.807, 2.05) is 20.8 Å². The van der Waals surface area contributed by atoms with Crippen LogP contribution in [-0.2, 0) is 9.59 Å². The summed E-state index contributed by atoms with van der Waals surface area (Å²) in [7, 11) is 1.54. The first kappa shape index (κ1) is 20.6. The van der Waals surface area contributed by atoms with Crippen LogP contribution in [0.3, 0.4) is 0 Å². The third-order valence-corrected chi connectivity index (χ3v) is 3.99. The second-order valence-electron chi connectivity index (χ2n) is 7.04. The van der Waals surface area contributed by atoms with Crippen LogP contribution >= 0.6 is 11.6 Å². The molecule has 0 aliphatic rings. The molecule has 0 radical (unpaired) electrons. The number of rotatable bonds is 6. The largest absolute Gasteiger partial charge is 0.495 e. The van der Waals surface area contributed by atoms with Crippen LogP contribution in [-0.4, -0.2) is 25.5 Å². The minimum atomic E-state index is -0.497. The minimum Gasteiger partial charge on any atom is -0.495 e. The predicted octanol–water partition coefficient (Wildman–Crippen LogP) is 4.38. The quantitative estimate of drug-likeness (QED) is 0.684. The maximum Gasteiger partial charge on any atom is 0.243 e. The van der Waals surface area contributed by atoms with Crippen molar-refractivity contribution in [3.05, 3.63) is 47.5 Å². The summed E-state index contributed by atoms with van der Waals surface area (Å²) in [6, 6.07) is 12.2. The molecule has 27 heavy (non-hydrogen) atoms. The molecule has 2 amide bonds. The Morgan fingerprint density at radius 2 is 1.67 bits per heavy atom. The Kier molecular flexibility index (Phi) is 6.69. The normalized spacial score (nSPS) is 10.9. The molecule has 2 aromatic rings. The highest BCUT2D eigenvalue weighted by atomic mass is 35.5. The van der Waals surface area contributed by atoms with E-state index in [1.54, 1.807) is 49.6 Å². The highest BCUT2D eigenvalue weighted by Gasteiger charge is 2.21. The molecule has 0 heterocycles. The minimum absolute atomic E-state index is 0.0707. The van der Waals surface area contributed by atoms with E-state index in [2.05, 4.69) is 16.0 Å². The van der Waals surface area contributed by atoms with Gasteiger partial charge in [-0.25, -0.2) is 0 Å². The van der Waals surface area contributed by atoms with Crippen molar-refractivity contribution in [1.29, 1.82) is 0 Å². The van der Waals surface area contributed by atoms with Gasteiger partial charge in [0.1, 0.15) is 5.75 Å². The van der Waals surface area contributed by atoms with Gasteiger partial charge in [0, 0.05) is 22.5 Å². The van der Waals surface area contributed by atoms with Crippen LogP contribution in [0.4, 0.5) is 17.1 Å². The second kappa shape index (κ2) is 8.77. The third kappa shape index (κ3) is 6.18. The molecule has 6 nitrogen and oxygen atoms in total. The summed E-state index contributed by atoms with van der Waals surface area (Å²) >= 11 is 6.07. The molecular weight excluding hydrogens is 366 g/mol. The second-order valence-corrected chi connectivity index (χ2v) is 7.44. The summed E-state index contributed by atoms with van der Waals surface area (Å²) in [5.41, 5.74) is 1.44. The van der Waals surface area contributed by atoms with Crippen molar-refractivity contribution in [1.82, 2.24) is 0 Å². The average Bonchev–Trinajstić information content (AvgIpc) is 2.59. The highest BCUT2D eigenvalue weighted by molar-refractivity contribution is 6.32. The van der Waals surface area contributed by atoms with Crippen LogP contribution in [0.15, 0.2) is 42.5 Å². The molecule has 0 aromatic heterocycles. The Labute approximate surface area is 164 Å². The molecule has 0 atom stereocenters. The van der Waals surface area contributed by atoms with Gasteiger partial charge in [-0.15, -0.1) is 0 Å². The number of benzene rings is 2. The first-order valence-electron chi connectivity index (χ1n) is 8.48. The van der Waals surface area contributed by atoms with Gasteiger partial charge in [0.15, 0.2) is 0 Å². The summed E-state index contributed by atoms with van der Waals surface area (Å²) < 4.78 is 5.10. The standard InChI is InChI=1S/C20H24ClN3O3/c1-20(2,3)19(26)24-15-7-5-6-14(10-15)23-18(25)12-22-13-8-9-17(27-4)16(21)11-13/h5-11,22H,12H2,1-4H3,(H,23,25)(H,24,26). The van der Waals surface area contributed by atoms with E-state index in [0.717, 1.165) is 0 Å².